The third-order valence-corrected chi connectivity index (χ3v) is 4.60. The summed E-state index contributed by atoms with van der Waals surface area (Å²) >= 11 is 1.01. The number of likely N-dealkylation sites (N-methyl/N-ethyl adjacent to an activating group) is 1. The van der Waals surface area contributed by atoms with Gasteiger partial charge in [0.25, 0.3) is 11.1 Å². The van der Waals surface area contributed by atoms with Gasteiger partial charge in [-0.1, -0.05) is 23.9 Å². The van der Waals surface area contributed by atoms with Crippen LogP contribution in [0.5, 0.6) is 0 Å². The molecule has 0 radical (unpaired) electrons. The van der Waals surface area contributed by atoms with E-state index in [4.69, 9.17) is 4.74 Å². The Morgan fingerprint density at radius 1 is 1.43 bits per heavy atom. The Morgan fingerprint density at radius 2 is 2.17 bits per heavy atom. The molecule has 2 rings (SSSR count). The first-order valence-corrected chi connectivity index (χ1v) is 8.24. The van der Waals surface area contributed by atoms with Gasteiger partial charge in [-0.25, -0.2) is 0 Å². The molecule has 23 heavy (non-hydrogen) atoms. The number of imide groups is 1. The van der Waals surface area contributed by atoms with E-state index in [0.717, 1.165) is 17.3 Å². The van der Waals surface area contributed by atoms with E-state index in [2.05, 4.69) is 0 Å². The smallest absolute Gasteiger partial charge is 0.289 e. The minimum atomic E-state index is -0.238. The quantitative estimate of drug-likeness (QED) is 0.795. The molecule has 0 aliphatic carbocycles. The van der Waals surface area contributed by atoms with E-state index in [1.54, 1.807) is 43.3 Å². The van der Waals surface area contributed by atoms with Gasteiger partial charge in [-0.05, 0) is 24.6 Å². The molecule has 0 bridgehead atoms. The summed E-state index contributed by atoms with van der Waals surface area (Å²) in [6.45, 7) is 2.56. The summed E-state index contributed by atoms with van der Waals surface area (Å²) < 4.78 is 5.07. The summed E-state index contributed by atoms with van der Waals surface area (Å²) in [5.41, 5.74) is 1.28. The summed E-state index contributed by atoms with van der Waals surface area (Å²) in [7, 11) is 3.32. The van der Waals surface area contributed by atoms with Crippen molar-refractivity contribution < 1.29 is 19.1 Å². The fourth-order valence-corrected chi connectivity index (χ4v) is 3.00. The molecule has 1 aromatic carbocycles. The average molecular weight is 336 g/mol. The first-order valence-electron chi connectivity index (χ1n) is 7.26. The summed E-state index contributed by atoms with van der Waals surface area (Å²) in [6.07, 6.45) is 0. The third-order valence-electron chi connectivity index (χ3n) is 3.74. The molecule has 0 N–H and O–H groups in total. The highest BCUT2D eigenvalue weighted by atomic mass is 32.2. The fourth-order valence-electron chi connectivity index (χ4n) is 2.28. The first-order chi connectivity index (χ1) is 10.9. The van der Waals surface area contributed by atoms with Gasteiger partial charge >= 0.3 is 0 Å². The van der Waals surface area contributed by atoms with Gasteiger partial charge in [-0.3, -0.25) is 19.3 Å². The van der Waals surface area contributed by atoms with Gasteiger partial charge in [0.2, 0.25) is 5.91 Å². The minimum absolute atomic E-state index is 0.0470. The number of carbonyl (C=O) groups is 3. The number of ether oxygens (including phenoxy) is 1. The Balaban J connectivity index is 2.11. The molecule has 0 aromatic heterocycles. The van der Waals surface area contributed by atoms with Crippen LogP contribution < -0.4 is 0 Å². The Labute approximate surface area is 139 Å². The predicted octanol–water partition coefficient (Wildman–Crippen LogP) is 1.99. The molecule has 0 saturated carbocycles. The van der Waals surface area contributed by atoms with Crippen molar-refractivity contribution in [1.82, 2.24) is 9.80 Å². The lowest BCUT2D eigenvalue weighted by atomic mass is 10.1. The molecule has 3 amide bonds. The van der Waals surface area contributed by atoms with Gasteiger partial charge in [-0.15, -0.1) is 0 Å². The zero-order chi connectivity index (χ0) is 17.0. The number of amides is 3. The molecule has 7 heteroatoms. The van der Waals surface area contributed by atoms with Crippen molar-refractivity contribution in [3.05, 3.63) is 35.4 Å². The maximum Gasteiger partial charge on any atom is 0.289 e. The molecule has 1 aliphatic heterocycles. The van der Waals surface area contributed by atoms with Crippen LogP contribution in [0.3, 0.4) is 0 Å². The van der Waals surface area contributed by atoms with Crippen LogP contribution in [0.25, 0.3) is 0 Å². The van der Waals surface area contributed by atoms with Gasteiger partial charge in [0.05, 0.1) is 24.9 Å². The van der Waals surface area contributed by atoms with Crippen LogP contribution in [0.2, 0.25) is 0 Å². The van der Waals surface area contributed by atoms with E-state index < -0.39 is 0 Å². The highest BCUT2D eigenvalue weighted by Gasteiger charge is 2.29. The Bertz CT molecular complexity index is 604. The van der Waals surface area contributed by atoms with Crippen molar-refractivity contribution in [3.63, 3.8) is 0 Å². The second-order valence-electron chi connectivity index (χ2n) is 5.46. The number of rotatable bonds is 6. The lowest BCUT2D eigenvalue weighted by Crippen LogP contribution is -2.37. The molecule has 1 aromatic rings. The van der Waals surface area contributed by atoms with Crippen LogP contribution in [-0.4, -0.2) is 59.4 Å². The van der Waals surface area contributed by atoms with E-state index >= 15 is 0 Å². The molecular weight excluding hydrogens is 316 g/mol. The van der Waals surface area contributed by atoms with E-state index in [0.29, 0.717) is 12.2 Å². The van der Waals surface area contributed by atoms with Gasteiger partial charge in [-0.2, -0.15) is 0 Å². The first kappa shape index (κ1) is 17.5. The molecule has 1 aliphatic rings. The average Bonchev–Trinajstić information content (AvgIpc) is 2.86. The number of benzene rings is 1. The summed E-state index contributed by atoms with van der Waals surface area (Å²) in [4.78, 5) is 38.7. The highest BCUT2D eigenvalue weighted by Crippen LogP contribution is 2.21. The second-order valence-corrected chi connectivity index (χ2v) is 6.38. The lowest BCUT2D eigenvalue weighted by molar-refractivity contribution is -0.125. The van der Waals surface area contributed by atoms with Crippen LogP contribution in [0, 0.1) is 0 Å². The van der Waals surface area contributed by atoms with Gasteiger partial charge in [0, 0.05) is 19.7 Å². The number of hydrogen-bond donors (Lipinski definition) is 0. The van der Waals surface area contributed by atoms with E-state index in [1.165, 1.54) is 4.90 Å². The zero-order valence-corrected chi connectivity index (χ0v) is 14.3. The SMILES string of the molecule is COC[C@@H](C)N(C)C(=O)c1cccc(CN2C(=O)CSC2=O)c1. The van der Waals surface area contributed by atoms with E-state index in [9.17, 15) is 14.4 Å². The van der Waals surface area contributed by atoms with Crippen LogP contribution >= 0.6 is 11.8 Å². The van der Waals surface area contributed by atoms with Crippen molar-refractivity contribution in [2.45, 2.75) is 19.5 Å². The normalized spacial score (nSPS) is 15.9. The van der Waals surface area contributed by atoms with E-state index in [1.807, 2.05) is 6.92 Å². The number of thioether (sulfide) groups is 1. The molecule has 6 nitrogen and oxygen atoms in total. The lowest BCUT2D eigenvalue weighted by Gasteiger charge is -2.24. The Kier molecular flexibility index (Phi) is 5.79. The highest BCUT2D eigenvalue weighted by molar-refractivity contribution is 8.14. The van der Waals surface area contributed by atoms with Crippen molar-refractivity contribution in [3.8, 4) is 0 Å². The van der Waals surface area contributed by atoms with Gasteiger partial charge in [0.1, 0.15) is 0 Å². The van der Waals surface area contributed by atoms with Crippen LogP contribution in [0.1, 0.15) is 22.8 Å². The van der Waals surface area contributed by atoms with Crippen molar-refractivity contribution >= 4 is 28.8 Å². The second kappa shape index (κ2) is 7.61. The molecule has 1 fully saturated rings. The molecule has 1 atom stereocenters. The number of carbonyl (C=O) groups excluding carboxylic acids is 3. The van der Waals surface area contributed by atoms with Crippen LogP contribution in [-0.2, 0) is 16.1 Å². The molecule has 0 unspecified atom stereocenters. The summed E-state index contributed by atoms with van der Waals surface area (Å²) in [6, 6.07) is 6.97. The van der Waals surface area contributed by atoms with Crippen molar-refractivity contribution in [2.24, 2.45) is 0 Å². The Hall–Kier alpha value is -1.86. The Morgan fingerprint density at radius 3 is 2.78 bits per heavy atom. The molecule has 1 heterocycles. The molecule has 0 spiro atoms. The number of methoxy groups -OCH3 is 1. The van der Waals surface area contributed by atoms with Crippen LogP contribution in [0.4, 0.5) is 4.79 Å². The third kappa shape index (κ3) is 4.11. The molecule has 1 saturated heterocycles. The minimum Gasteiger partial charge on any atom is -0.383 e. The predicted molar refractivity (Wildman–Crippen MR) is 88.3 cm³/mol. The van der Waals surface area contributed by atoms with E-state index in [-0.39, 0.29) is 35.4 Å². The van der Waals surface area contributed by atoms with Crippen LogP contribution in [0.15, 0.2) is 24.3 Å². The monoisotopic (exact) mass is 336 g/mol. The van der Waals surface area contributed by atoms with Crippen molar-refractivity contribution in [1.29, 1.82) is 0 Å². The zero-order valence-electron chi connectivity index (χ0n) is 13.4. The standard InChI is InChI=1S/C16H20N2O4S/c1-11(9-22-3)17(2)15(20)13-6-4-5-12(7-13)8-18-14(19)10-23-16(18)21/h4-7,11H,8-10H2,1-3H3/t11-/m1/s1. The van der Waals surface area contributed by atoms with Crippen molar-refractivity contribution in [2.75, 3.05) is 26.5 Å². The maximum atomic E-state index is 12.5. The molecule has 124 valence electrons. The summed E-state index contributed by atoms with van der Waals surface area (Å²) in [5, 5.41) is -0.238. The maximum absolute atomic E-state index is 12.5. The number of hydrogen-bond acceptors (Lipinski definition) is 5. The molecular formula is C16H20N2O4S. The fraction of sp³-hybridized carbons (Fsp3) is 0.438. The summed E-state index contributed by atoms with van der Waals surface area (Å²) in [5.74, 6) is -0.123. The largest absolute Gasteiger partial charge is 0.383 e. The van der Waals surface area contributed by atoms with Gasteiger partial charge < -0.3 is 9.64 Å². The topological polar surface area (TPSA) is 66.9 Å². The number of nitrogens with zero attached hydrogens (tertiary/aromatic N) is 2. The van der Waals surface area contributed by atoms with Gasteiger partial charge in [0.15, 0.2) is 0 Å².